The Morgan fingerprint density at radius 3 is 2.79 bits per heavy atom. The van der Waals surface area contributed by atoms with E-state index in [0.717, 1.165) is 10.4 Å². The van der Waals surface area contributed by atoms with Crippen molar-refractivity contribution in [2.45, 2.75) is 17.9 Å². The summed E-state index contributed by atoms with van der Waals surface area (Å²) < 4.78 is 39.5. The van der Waals surface area contributed by atoms with E-state index < -0.39 is 21.9 Å². The standard InChI is InChI=1S/C11H12BrFN2O3S/c1-7-11(16)14-4-5-15(7)19(17,18)8-2-3-9(12)10(13)6-8/h2-3,6-7H,4-5H2,1H3,(H,14,16). The normalized spacial score (nSPS) is 21.2. The van der Waals surface area contributed by atoms with Gasteiger partial charge in [-0.1, -0.05) is 0 Å². The third-order valence-corrected chi connectivity index (χ3v) is 5.55. The van der Waals surface area contributed by atoms with Crippen LogP contribution in [0.25, 0.3) is 0 Å². The number of nitrogens with zero attached hydrogens (tertiary/aromatic N) is 1. The fraction of sp³-hybridized carbons (Fsp3) is 0.364. The summed E-state index contributed by atoms with van der Waals surface area (Å²) in [7, 11) is -3.87. The van der Waals surface area contributed by atoms with Crippen LogP contribution >= 0.6 is 15.9 Å². The van der Waals surface area contributed by atoms with E-state index in [2.05, 4.69) is 21.2 Å². The number of sulfonamides is 1. The summed E-state index contributed by atoms with van der Waals surface area (Å²) in [5.74, 6) is -1.01. The van der Waals surface area contributed by atoms with Crippen LogP contribution in [0.5, 0.6) is 0 Å². The molecule has 1 fully saturated rings. The summed E-state index contributed by atoms with van der Waals surface area (Å²) in [5, 5.41) is 2.58. The van der Waals surface area contributed by atoms with Crippen LogP contribution in [-0.2, 0) is 14.8 Å². The maximum atomic E-state index is 13.4. The molecule has 104 valence electrons. The molecule has 5 nitrogen and oxygen atoms in total. The van der Waals surface area contributed by atoms with E-state index >= 15 is 0 Å². The zero-order valence-electron chi connectivity index (χ0n) is 10.1. The first-order valence-corrected chi connectivity index (χ1v) is 7.82. The molecule has 0 radical (unpaired) electrons. The summed E-state index contributed by atoms with van der Waals surface area (Å²) in [6.45, 7) is 1.93. The monoisotopic (exact) mass is 350 g/mol. The molecule has 1 aromatic rings. The maximum absolute atomic E-state index is 13.4. The first-order chi connectivity index (χ1) is 8.84. The molecule has 1 aliphatic rings. The van der Waals surface area contributed by atoms with Crippen LogP contribution in [0.3, 0.4) is 0 Å². The summed E-state index contributed by atoms with van der Waals surface area (Å²) in [4.78, 5) is 11.3. The van der Waals surface area contributed by atoms with Gasteiger partial charge in [-0.15, -0.1) is 0 Å². The lowest BCUT2D eigenvalue weighted by atomic mass is 10.2. The summed E-state index contributed by atoms with van der Waals surface area (Å²) in [6, 6.07) is 2.78. The van der Waals surface area contributed by atoms with Gasteiger partial charge >= 0.3 is 0 Å². The van der Waals surface area contributed by atoms with Gasteiger partial charge in [-0.2, -0.15) is 4.31 Å². The van der Waals surface area contributed by atoms with Crippen LogP contribution in [0.15, 0.2) is 27.6 Å². The number of halogens is 2. The van der Waals surface area contributed by atoms with Crippen molar-refractivity contribution < 1.29 is 17.6 Å². The Kier molecular flexibility index (Phi) is 3.93. The Hall–Kier alpha value is -0.990. The lowest BCUT2D eigenvalue weighted by Crippen LogP contribution is -2.55. The highest BCUT2D eigenvalue weighted by Gasteiger charge is 2.35. The van der Waals surface area contributed by atoms with Crippen molar-refractivity contribution in [1.29, 1.82) is 0 Å². The molecular weight excluding hydrogens is 339 g/mol. The second-order valence-corrected chi connectivity index (χ2v) is 6.90. The lowest BCUT2D eigenvalue weighted by Gasteiger charge is -2.31. The zero-order valence-corrected chi connectivity index (χ0v) is 12.5. The lowest BCUT2D eigenvalue weighted by molar-refractivity contribution is -0.126. The minimum Gasteiger partial charge on any atom is -0.353 e. The van der Waals surface area contributed by atoms with Gasteiger partial charge in [0.05, 0.1) is 9.37 Å². The molecule has 0 aromatic heterocycles. The predicted molar refractivity (Wildman–Crippen MR) is 70.5 cm³/mol. The molecular formula is C11H12BrFN2O3S. The van der Waals surface area contributed by atoms with Crippen LogP contribution in [-0.4, -0.2) is 37.8 Å². The topological polar surface area (TPSA) is 66.5 Å². The van der Waals surface area contributed by atoms with Gasteiger partial charge < -0.3 is 5.32 Å². The fourth-order valence-electron chi connectivity index (χ4n) is 1.86. The highest BCUT2D eigenvalue weighted by molar-refractivity contribution is 9.10. The Labute approximate surface area is 119 Å². The molecule has 1 N–H and O–H groups in total. The first-order valence-electron chi connectivity index (χ1n) is 5.58. The largest absolute Gasteiger partial charge is 0.353 e. The Morgan fingerprint density at radius 1 is 1.47 bits per heavy atom. The van der Waals surface area contributed by atoms with Gasteiger partial charge in [0.15, 0.2) is 0 Å². The van der Waals surface area contributed by atoms with Crippen molar-refractivity contribution in [1.82, 2.24) is 9.62 Å². The average Bonchev–Trinajstić information content (AvgIpc) is 2.35. The van der Waals surface area contributed by atoms with E-state index in [-0.39, 0.29) is 28.4 Å². The Morgan fingerprint density at radius 2 is 2.16 bits per heavy atom. The molecule has 1 aromatic carbocycles. The zero-order chi connectivity index (χ0) is 14.2. The van der Waals surface area contributed by atoms with Crippen molar-refractivity contribution in [3.05, 3.63) is 28.5 Å². The number of piperazine rings is 1. The third-order valence-electron chi connectivity index (χ3n) is 2.94. The van der Waals surface area contributed by atoms with Gasteiger partial charge in [0, 0.05) is 13.1 Å². The van der Waals surface area contributed by atoms with E-state index in [1.165, 1.54) is 19.1 Å². The number of hydrogen-bond acceptors (Lipinski definition) is 3. The van der Waals surface area contributed by atoms with Crippen LogP contribution in [0.4, 0.5) is 4.39 Å². The number of benzene rings is 1. The molecule has 2 rings (SSSR count). The molecule has 19 heavy (non-hydrogen) atoms. The molecule has 1 unspecified atom stereocenters. The van der Waals surface area contributed by atoms with Gasteiger partial charge in [-0.25, -0.2) is 12.8 Å². The first kappa shape index (κ1) is 14.4. The highest BCUT2D eigenvalue weighted by atomic mass is 79.9. The van der Waals surface area contributed by atoms with Crippen molar-refractivity contribution in [2.75, 3.05) is 13.1 Å². The van der Waals surface area contributed by atoms with E-state index in [1.807, 2.05) is 0 Å². The maximum Gasteiger partial charge on any atom is 0.243 e. The van der Waals surface area contributed by atoms with E-state index in [9.17, 15) is 17.6 Å². The number of carbonyl (C=O) groups excluding carboxylic acids is 1. The van der Waals surface area contributed by atoms with Crippen LogP contribution in [0, 0.1) is 5.82 Å². The Balaban J connectivity index is 2.41. The highest BCUT2D eigenvalue weighted by Crippen LogP contribution is 2.24. The SMILES string of the molecule is CC1C(=O)NCCN1S(=O)(=O)c1ccc(Br)c(F)c1. The molecule has 0 saturated carbocycles. The molecule has 1 atom stereocenters. The van der Waals surface area contributed by atoms with Crippen molar-refractivity contribution >= 4 is 31.9 Å². The molecule has 0 aliphatic carbocycles. The molecule has 1 aliphatic heterocycles. The number of amides is 1. The number of carbonyl (C=O) groups is 1. The third kappa shape index (κ3) is 2.65. The van der Waals surface area contributed by atoms with Crippen LogP contribution < -0.4 is 5.32 Å². The molecule has 8 heteroatoms. The van der Waals surface area contributed by atoms with Gasteiger partial charge in [0.1, 0.15) is 11.9 Å². The minimum absolute atomic E-state index is 0.158. The second-order valence-electron chi connectivity index (χ2n) is 4.16. The van der Waals surface area contributed by atoms with Gasteiger partial charge in [-0.05, 0) is 41.1 Å². The minimum atomic E-state index is -3.87. The van der Waals surface area contributed by atoms with E-state index in [1.54, 1.807) is 0 Å². The fourth-order valence-corrected chi connectivity index (χ4v) is 3.72. The van der Waals surface area contributed by atoms with Gasteiger partial charge in [0.2, 0.25) is 15.9 Å². The smallest absolute Gasteiger partial charge is 0.243 e. The number of hydrogen-bond donors (Lipinski definition) is 1. The second kappa shape index (κ2) is 5.18. The molecule has 0 bridgehead atoms. The quantitative estimate of drug-likeness (QED) is 0.868. The molecule has 1 saturated heterocycles. The number of rotatable bonds is 2. The molecule has 1 amide bonds. The van der Waals surface area contributed by atoms with Crippen LogP contribution in [0.2, 0.25) is 0 Å². The van der Waals surface area contributed by atoms with Crippen molar-refractivity contribution in [3.63, 3.8) is 0 Å². The molecule has 0 spiro atoms. The van der Waals surface area contributed by atoms with Crippen LogP contribution in [0.1, 0.15) is 6.92 Å². The molecule has 1 heterocycles. The number of nitrogens with one attached hydrogen (secondary N) is 1. The average molecular weight is 351 g/mol. The predicted octanol–water partition coefficient (Wildman–Crippen LogP) is 1.10. The Bertz CT molecular complexity index is 620. The van der Waals surface area contributed by atoms with Crippen molar-refractivity contribution in [2.24, 2.45) is 0 Å². The summed E-state index contributed by atoms with van der Waals surface area (Å²) in [6.07, 6.45) is 0. The summed E-state index contributed by atoms with van der Waals surface area (Å²) >= 11 is 2.97. The van der Waals surface area contributed by atoms with Crippen molar-refractivity contribution in [3.8, 4) is 0 Å². The van der Waals surface area contributed by atoms with Gasteiger partial charge in [0.25, 0.3) is 0 Å². The van der Waals surface area contributed by atoms with E-state index in [4.69, 9.17) is 0 Å². The van der Waals surface area contributed by atoms with Gasteiger partial charge in [-0.3, -0.25) is 4.79 Å². The van der Waals surface area contributed by atoms with E-state index in [0.29, 0.717) is 0 Å². The summed E-state index contributed by atoms with van der Waals surface area (Å²) in [5.41, 5.74) is 0.